The van der Waals surface area contributed by atoms with Gasteiger partial charge in [0.15, 0.2) is 0 Å². The lowest BCUT2D eigenvalue weighted by atomic mass is 9.97. The van der Waals surface area contributed by atoms with Crippen LogP contribution in [0.2, 0.25) is 0 Å². The molecular weight excluding hydrogens is 1710 g/mol. The van der Waals surface area contributed by atoms with Crippen LogP contribution < -0.4 is 114 Å². The summed E-state index contributed by atoms with van der Waals surface area (Å²) in [6.45, 7) is 34.2. The van der Waals surface area contributed by atoms with Gasteiger partial charge in [-0.3, -0.25) is 71.9 Å². The number of aliphatic carboxylic acids is 1. The largest absolute Gasteiger partial charge is 0.480 e. The number of carboxylic acid groups (broad SMARTS) is 1. The van der Waals surface area contributed by atoms with Crippen LogP contribution in [0.25, 0.3) is 0 Å². The molecule has 0 fully saturated rings. The van der Waals surface area contributed by atoms with Crippen LogP contribution in [0.3, 0.4) is 0 Å². The topological polar surface area (TPSA) is 630 Å². The third kappa shape index (κ3) is 51.9. The highest BCUT2D eigenvalue weighted by Crippen LogP contribution is 2.20. The second-order valence-corrected chi connectivity index (χ2v) is 39.0. The van der Waals surface area contributed by atoms with Crippen LogP contribution in [-0.2, 0) is 76.7 Å². The van der Waals surface area contributed by atoms with Crippen LogP contribution in [-0.4, -0.2) is 241 Å². The average molecular weight is 1880 g/mol. The molecule has 15 amide bonds. The number of hydrogen-bond acceptors (Lipinski definition) is 24. The number of carbonyl (C=O) groups excluding carboxylic acids is 15. The summed E-state index contributed by atoms with van der Waals surface area (Å²) >= 11 is 8.17. The van der Waals surface area contributed by atoms with Crippen molar-refractivity contribution >= 4 is 120 Å². The summed E-state index contributed by atoms with van der Waals surface area (Å²) in [7, 11) is 0. The summed E-state index contributed by atoms with van der Waals surface area (Å²) in [6, 6.07) is -20.0. The van der Waals surface area contributed by atoms with Crippen molar-refractivity contribution in [3.63, 3.8) is 0 Å². The van der Waals surface area contributed by atoms with E-state index in [1.54, 1.807) is 0 Å². The number of nitrogens with two attached hydrogens (primary N) is 6. The number of carbonyl (C=O) groups is 16. The van der Waals surface area contributed by atoms with E-state index in [1.165, 1.54) is 0 Å². The Morgan fingerprint density at radius 2 is 0.323 bits per heavy atom. The second kappa shape index (κ2) is 67.2. The first-order valence-electron chi connectivity index (χ1n) is 47.3. The molecule has 0 heterocycles. The molecule has 40 heteroatoms. The van der Waals surface area contributed by atoms with E-state index in [9.17, 15) is 81.8 Å². The fourth-order valence-electron chi connectivity index (χ4n) is 14.5. The van der Waals surface area contributed by atoms with Gasteiger partial charge in [-0.25, -0.2) is 4.79 Å². The lowest BCUT2D eigenvalue weighted by molar-refractivity contribution is -0.141. The number of rotatable bonds is 71. The Kier molecular flexibility index (Phi) is 63.1. The highest BCUT2D eigenvalue weighted by molar-refractivity contribution is 7.80. The van der Waals surface area contributed by atoms with E-state index in [1.807, 2.05) is 125 Å². The maximum atomic E-state index is 14.9. The first kappa shape index (κ1) is 122. The summed E-state index contributed by atoms with van der Waals surface area (Å²) in [5.74, 6) is -14.4. The zero-order valence-electron chi connectivity index (χ0n) is 81.2. The minimum Gasteiger partial charge on any atom is -0.480 e. The van der Waals surface area contributed by atoms with E-state index in [0.717, 1.165) is 0 Å². The van der Waals surface area contributed by atoms with E-state index in [0.29, 0.717) is 77.3 Å². The molecule has 0 saturated carbocycles. The van der Waals surface area contributed by atoms with Gasteiger partial charge in [-0.2, -0.15) is 25.3 Å². The maximum absolute atomic E-state index is 14.9. The van der Waals surface area contributed by atoms with Crippen molar-refractivity contribution in [2.24, 2.45) is 87.7 Å². The number of unbranched alkanes of at least 4 members (excludes halogenated alkanes) is 5. The zero-order chi connectivity index (χ0) is 99.2. The number of thiol groups is 2. The van der Waals surface area contributed by atoms with Gasteiger partial charge in [0, 0.05) is 11.5 Å². The van der Waals surface area contributed by atoms with Crippen molar-refractivity contribution in [2.75, 3.05) is 44.2 Å². The first-order chi connectivity index (χ1) is 61.0. The molecule has 0 aliphatic carbocycles. The van der Waals surface area contributed by atoms with E-state index < -0.39 is 191 Å². The SMILES string of the molecule is CC(C)C[C@H](NC(=O)[C@H](CCCCN)NC(=O)[C@H](CC(C)C)NC(=O)[C@@H](CC(C)C)NC(=O)[C@H](CC(C)C)NC(=O)[C@H](CCCCN)NC(=O)[C@@H](N)CS)C(=O)N[C@@H](CC(C)C)C(=O)N[C@H](CCCCN)C(=O)N[C@H](CCCCN)C(=O)N[C@@H](CC(C)C)C(=O)N[C@@H](CC(C)C)C(=O)N[C@H](CC(C)C)C(=O)N[C@@H](CC(C)C)C(=O)N[C@@H](CCCCN)C(=O)N[C@@H](CS)C(=O)O. The Morgan fingerprint density at radius 3 is 0.438 bits per heavy atom. The fraction of sp³-hybridized carbons (Fsp3) is 0.822. The molecule has 0 aromatic rings. The molecule has 28 N–H and O–H groups in total. The molecular formula is C90H171N21O17S2. The van der Waals surface area contributed by atoms with Gasteiger partial charge in [-0.15, -0.1) is 0 Å². The van der Waals surface area contributed by atoms with Gasteiger partial charge in [-0.05, 0) is 240 Å². The van der Waals surface area contributed by atoms with Crippen molar-refractivity contribution in [2.45, 2.75) is 375 Å². The van der Waals surface area contributed by atoms with E-state index >= 15 is 0 Å². The average Bonchev–Trinajstić information content (AvgIpc) is 0.865. The number of hydrogen-bond donors (Lipinski definition) is 24. The smallest absolute Gasteiger partial charge is 0.327 e. The Bertz CT molecular complexity index is 3450. The van der Waals surface area contributed by atoms with Crippen LogP contribution in [0.15, 0.2) is 0 Å². The van der Waals surface area contributed by atoms with Gasteiger partial charge < -0.3 is 119 Å². The molecule has 0 rings (SSSR count). The molecule has 16 atom stereocenters. The summed E-state index contributed by atoms with van der Waals surface area (Å²) in [5, 5.41) is 51.3. The molecule has 0 aromatic carbocycles. The highest BCUT2D eigenvalue weighted by atomic mass is 32.1. The van der Waals surface area contributed by atoms with Crippen molar-refractivity contribution in [1.82, 2.24) is 79.8 Å². The fourth-order valence-corrected chi connectivity index (χ4v) is 14.9. The van der Waals surface area contributed by atoms with Gasteiger partial charge in [-0.1, -0.05) is 125 Å². The zero-order valence-corrected chi connectivity index (χ0v) is 83.0. The van der Waals surface area contributed by atoms with Gasteiger partial charge in [0.25, 0.3) is 0 Å². The molecule has 0 aromatic heterocycles. The van der Waals surface area contributed by atoms with Crippen LogP contribution in [0.5, 0.6) is 0 Å². The second-order valence-electron chi connectivity index (χ2n) is 38.3. The molecule has 0 saturated heterocycles. The minimum atomic E-state index is -1.36. The summed E-state index contributed by atoms with van der Waals surface area (Å²) < 4.78 is 0. The maximum Gasteiger partial charge on any atom is 0.327 e. The van der Waals surface area contributed by atoms with E-state index in [-0.39, 0.29) is 174 Å². The molecule has 0 bridgehead atoms. The number of amides is 15. The standard InChI is InChI=1S/C90H171N21O17S2/c1-50(2)39-65(105-84(121)69(43-54(9)10)104-79(116)63(32-22-27-37-94)100-82(119)66(40-51(3)4)106-87(124)71(45-56(13)14)108-85(122)68(42-53(7)8)102-77(114)60(29-19-24-34-91)97-75(112)59(96)48-129)81(118)99-61(30-20-25-35-92)76(113)98-62(31-21-26-36-93)78(115)103-70(44-55(11)12)86(123)109-73(47-58(17)18)89(126)110-72(46-57(15)16)88(125)107-67(41-52(5)6)83(120)101-64(33-23-28-38-95)80(117)111-74(49-130)90(127)128/h50-74,129-130H,19-49,91-96H2,1-18H3,(H,97,112)(H,98,113)(H,99,118)(H,100,119)(H,101,120)(H,102,114)(H,103,115)(H,104,116)(H,105,121)(H,106,124)(H,107,125)(H,108,122)(H,109,123)(H,110,126)(H,111,117)(H,127,128)/t59-,60-,61+,62+,63-,64-,65-,66-,67-,68-,69-,70-,71+,72+,73-,74-/m0/s1. The minimum absolute atomic E-state index is 0.0130. The van der Waals surface area contributed by atoms with Gasteiger partial charge in [0.05, 0.1) is 6.04 Å². The normalized spacial score (nSPS) is 15.4. The molecule has 38 nitrogen and oxygen atoms in total. The van der Waals surface area contributed by atoms with Gasteiger partial charge >= 0.3 is 5.97 Å². The van der Waals surface area contributed by atoms with E-state index in [2.05, 4.69) is 105 Å². The highest BCUT2D eigenvalue weighted by Gasteiger charge is 2.40. The summed E-state index contributed by atoms with van der Waals surface area (Å²) in [6.07, 6.45) is 5.24. The lowest BCUT2D eigenvalue weighted by Gasteiger charge is -2.30. The monoisotopic (exact) mass is 1880 g/mol. The predicted molar refractivity (Wildman–Crippen MR) is 512 cm³/mol. The third-order valence-corrected chi connectivity index (χ3v) is 22.0. The van der Waals surface area contributed by atoms with Crippen molar-refractivity contribution in [1.29, 1.82) is 0 Å². The summed E-state index contributed by atoms with van der Waals surface area (Å²) in [5.41, 5.74) is 35.2. The van der Waals surface area contributed by atoms with Crippen LogP contribution in [0.4, 0.5) is 0 Å². The quantitative estimate of drug-likeness (QED) is 0.0304. The van der Waals surface area contributed by atoms with Crippen molar-refractivity contribution < 1.29 is 81.8 Å². The molecule has 130 heavy (non-hydrogen) atoms. The summed E-state index contributed by atoms with van der Waals surface area (Å²) in [4.78, 5) is 229. The Balaban J connectivity index is 7.44. The Morgan fingerprint density at radius 1 is 0.200 bits per heavy atom. The van der Waals surface area contributed by atoms with Crippen molar-refractivity contribution in [3.8, 4) is 0 Å². The predicted octanol–water partition coefficient (Wildman–Crippen LogP) is 1.59. The van der Waals surface area contributed by atoms with Crippen molar-refractivity contribution in [3.05, 3.63) is 0 Å². The van der Waals surface area contributed by atoms with Crippen LogP contribution >= 0.6 is 25.3 Å². The number of nitrogens with one attached hydrogen (secondary N) is 15. The molecule has 750 valence electrons. The molecule has 0 unspecified atom stereocenters. The van der Waals surface area contributed by atoms with E-state index in [4.69, 9.17) is 34.4 Å². The van der Waals surface area contributed by atoms with Gasteiger partial charge in [0.2, 0.25) is 88.6 Å². The molecule has 0 radical (unpaired) electrons. The van der Waals surface area contributed by atoms with Crippen LogP contribution in [0.1, 0.15) is 279 Å². The first-order valence-corrected chi connectivity index (χ1v) is 48.6. The number of carboxylic acids is 1. The lowest BCUT2D eigenvalue weighted by Crippen LogP contribution is -2.61. The van der Waals surface area contributed by atoms with Gasteiger partial charge in [0.1, 0.15) is 90.6 Å². The Hall–Kier alpha value is -8.02. The molecule has 0 spiro atoms. The Labute approximate surface area is 784 Å². The third-order valence-electron chi connectivity index (χ3n) is 21.3. The molecule has 0 aliphatic heterocycles. The van der Waals surface area contributed by atoms with Crippen LogP contribution in [0, 0.1) is 53.3 Å². The molecule has 0 aliphatic rings.